The first kappa shape index (κ1) is 22.9. The maximum absolute atomic E-state index is 12.8. The van der Waals surface area contributed by atoms with Crippen LogP contribution in [0.4, 0.5) is 11.8 Å². The van der Waals surface area contributed by atoms with E-state index in [1.54, 1.807) is 25.2 Å². The zero-order chi connectivity index (χ0) is 23.5. The number of ketones is 1. The Morgan fingerprint density at radius 1 is 1.09 bits per heavy atom. The van der Waals surface area contributed by atoms with Gasteiger partial charge in [-0.15, -0.1) is 0 Å². The average molecular weight is 449 g/mol. The Bertz CT molecular complexity index is 1140. The predicted molar refractivity (Wildman–Crippen MR) is 129 cm³/mol. The predicted octanol–water partition coefficient (Wildman–Crippen LogP) is 4.86. The maximum Gasteiger partial charge on any atom is 0.270 e. The molecule has 3 aromatic rings. The normalized spacial score (nSPS) is 16.3. The lowest BCUT2D eigenvalue weighted by Crippen LogP contribution is -2.25. The minimum Gasteiger partial charge on any atom is -0.343 e. The van der Waals surface area contributed by atoms with Crippen molar-refractivity contribution >= 4 is 34.5 Å². The van der Waals surface area contributed by atoms with Crippen LogP contribution in [0.5, 0.6) is 0 Å². The first-order valence-electron chi connectivity index (χ1n) is 11.8. The number of carbonyl (C=O) groups is 2. The van der Waals surface area contributed by atoms with Crippen LogP contribution in [0.15, 0.2) is 30.6 Å². The second-order valence-corrected chi connectivity index (χ2v) is 8.76. The van der Waals surface area contributed by atoms with E-state index < -0.39 is 0 Å². The Morgan fingerprint density at radius 2 is 1.82 bits per heavy atom. The van der Waals surface area contributed by atoms with Crippen LogP contribution in [0, 0.1) is 0 Å². The number of nitrogens with zero attached hydrogens (tertiary/aromatic N) is 5. The molecule has 3 aromatic heterocycles. The van der Waals surface area contributed by atoms with Gasteiger partial charge >= 0.3 is 0 Å². The van der Waals surface area contributed by atoms with E-state index in [-0.39, 0.29) is 11.9 Å². The average Bonchev–Trinajstić information content (AvgIpc) is 3.46. The number of Topliss-reactive ketones (excluding diaryl/α,β-unsaturated/α-hetero) is 1. The van der Waals surface area contributed by atoms with E-state index in [0.29, 0.717) is 42.0 Å². The van der Waals surface area contributed by atoms with Crippen LogP contribution in [0.25, 0.3) is 11.0 Å². The van der Waals surface area contributed by atoms with Gasteiger partial charge < -0.3 is 14.8 Å². The number of hydrogen-bond acceptors (Lipinski definition) is 6. The Kier molecular flexibility index (Phi) is 6.72. The molecule has 8 heteroatoms. The molecule has 174 valence electrons. The minimum atomic E-state index is -0.0221. The van der Waals surface area contributed by atoms with Crippen LogP contribution in [0.1, 0.15) is 80.4 Å². The summed E-state index contributed by atoms with van der Waals surface area (Å²) in [6.07, 6.45) is 9.23. The van der Waals surface area contributed by atoms with E-state index in [1.165, 1.54) is 12.8 Å². The fourth-order valence-corrected chi connectivity index (χ4v) is 4.55. The Labute approximate surface area is 194 Å². The zero-order valence-electron chi connectivity index (χ0n) is 19.8. The van der Waals surface area contributed by atoms with Gasteiger partial charge in [0.1, 0.15) is 22.9 Å². The summed E-state index contributed by atoms with van der Waals surface area (Å²) >= 11 is 0. The molecule has 0 radical (unpaired) electrons. The monoisotopic (exact) mass is 448 g/mol. The fraction of sp³-hybridized carbons (Fsp3) is 0.480. The molecule has 3 heterocycles. The Hall–Kier alpha value is -3.29. The van der Waals surface area contributed by atoms with Crippen molar-refractivity contribution in [2.45, 2.75) is 64.3 Å². The van der Waals surface area contributed by atoms with E-state index in [4.69, 9.17) is 4.98 Å². The molecule has 2 saturated carbocycles. The molecular formula is C25H32N6O2. The number of amides is 1. The van der Waals surface area contributed by atoms with Gasteiger partial charge in [0.2, 0.25) is 5.95 Å². The molecule has 5 rings (SSSR count). The highest BCUT2D eigenvalue weighted by atomic mass is 16.2. The molecule has 1 amide bonds. The molecule has 8 nitrogen and oxygen atoms in total. The molecule has 0 unspecified atom stereocenters. The van der Waals surface area contributed by atoms with Crippen molar-refractivity contribution in [1.29, 1.82) is 0 Å². The standard InChI is InChI=1S/C23H26N6O2.C2H6/c1-28(2)22(31)19-11-16-13-25-23(27-21(16)29(19)17-5-3-4-6-17)26-20-8-7-14(12-24-20)15-9-18(30)10-15;1-2/h7-8,11-13,15,17H,3-6,9-10H2,1-2H3,(H,24,25,26,27);1-2H3. The molecule has 0 bridgehead atoms. The highest BCUT2D eigenvalue weighted by Gasteiger charge is 2.28. The zero-order valence-corrected chi connectivity index (χ0v) is 19.8. The number of hydrogen-bond donors (Lipinski definition) is 1. The van der Waals surface area contributed by atoms with E-state index in [1.807, 2.05) is 38.2 Å². The van der Waals surface area contributed by atoms with Crippen molar-refractivity contribution in [2.75, 3.05) is 19.4 Å². The first-order chi connectivity index (χ1) is 16.0. The van der Waals surface area contributed by atoms with Crippen LogP contribution in [0.2, 0.25) is 0 Å². The van der Waals surface area contributed by atoms with Crippen molar-refractivity contribution in [3.8, 4) is 0 Å². The van der Waals surface area contributed by atoms with Crippen molar-refractivity contribution in [2.24, 2.45) is 0 Å². The second-order valence-electron chi connectivity index (χ2n) is 8.76. The number of pyridine rings is 1. The third kappa shape index (κ3) is 4.60. The number of carbonyl (C=O) groups excluding carboxylic acids is 2. The van der Waals surface area contributed by atoms with Crippen LogP contribution >= 0.6 is 0 Å². The van der Waals surface area contributed by atoms with Crippen LogP contribution in [0.3, 0.4) is 0 Å². The van der Waals surface area contributed by atoms with E-state index in [9.17, 15) is 9.59 Å². The Balaban J connectivity index is 0.00000126. The van der Waals surface area contributed by atoms with E-state index >= 15 is 0 Å². The van der Waals surface area contributed by atoms with Gasteiger partial charge in [-0.25, -0.2) is 9.97 Å². The molecular weight excluding hydrogens is 416 g/mol. The molecule has 2 aliphatic carbocycles. The summed E-state index contributed by atoms with van der Waals surface area (Å²) in [4.78, 5) is 39.3. The van der Waals surface area contributed by atoms with E-state index in [2.05, 4.69) is 19.9 Å². The Morgan fingerprint density at radius 3 is 2.42 bits per heavy atom. The van der Waals surface area contributed by atoms with Gasteiger partial charge in [-0.3, -0.25) is 9.59 Å². The van der Waals surface area contributed by atoms with Gasteiger partial charge in [0.15, 0.2) is 0 Å². The summed E-state index contributed by atoms with van der Waals surface area (Å²) < 4.78 is 2.10. The molecule has 0 aliphatic heterocycles. The summed E-state index contributed by atoms with van der Waals surface area (Å²) in [5.41, 5.74) is 2.53. The SMILES string of the molecule is CC.CN(C)C(=O)c1cc2cnc(Nc3ccc(C4CC(=O)C4)cn3)nc2n1C1CCCC1. The molecule has 33 heavy (non-hydrogen) atoms. The lowest BCUT2D eigenvalue weighted by atomic mass is 9.79. The minimum absolute atomic E-state index is 0.0221. The largest absolute Gasteiger partial charge is 0.343 e. The summed E-state index contributed by atoms with van der Waals surface area (Å²) in [5, 5.41) is 4.04. The summed E-state index contributed by atoms with van der Waals surface area (Å²) in [6.45, 7) is 4.00. The van der Waals surface area contributed by atoms with Gasteiger partial charge in [0, 0.05) is 50.8 Å². The number of anilines is 2. The second kappa shape index (κ2) is 9.68. The molecule has 0 aromatic carbocycles. The topological polar surface area (TPSA) is 93.0 Å². The third-order valence-electron chi connectivity index (χ3n) is 6.34. The van der Waals surface area contributed by atoms with Gasteiger partial charge in [0.05, 0.1) is 0 Å². The van der Waals surface area contributed by atoms with Crippen LogP contribution in [-0.4, -0.2) is 50.2 Å². The first-order valence-corrected chi connectivity index (χ1v) is 11.8. The highest BCUT2D eigenvalue weighted by molar-refractivity contribution is 5.98. The van der Waals surface area contributed by atoms with Crippen molar-refractivity contribution < 1.29 is 9.59 Å². The molecule has 1 N–H and O–H groups in total. The van der Waals surface area contributed by atoms with Gasteiger partial charge in [-0.05, 0) is 36.5 Å². The van der Waals surface area contributed by atoms with Crippen molar-refractivity contribution in [3.05, 3.63) is 41.9 Å². The number of fused-ring (bicyclic) bond motifs is 1. The van der Waals surface area contributed by atoms with Crippen LogP contribution < -0.4 is 5.32 Å². The van der Waals surface area contributed by atoms with E-state index in [0.717, 1.165) is 29.4 Å². The summed E-state index contributed by atoms with van der Waals surface area (Å²) in [6, 6.07) is 6.07. The third-order valence-corrected chi connectivity index (χ3v) is 6.34. The van der Waals surface area contributed by atoms with Gasteiger partial charge in [0.25, 0.3) is 5.91 Å². The lowest BCUT2D eigenvalue weighted by Gasteiger charge is -2.24. The summed E-state index contributed by atoms with van der Waals surface area (Å²) in [7, 11) is 3.54. The number of rotatable bonds is 5. The van der Waals surface area contributed by atoms with Crippen molar-refractivity contribution in [1.82, 2.24) is 24.4 Å². The number of aromatic nitrogens is 4. The fourth-order valence-electron chi connectivity index (χ4n) is 4.55. The lowest BCUT2D eigenvalue weighted by molar-refractivity contribution is -0.124. The van der Waals surface area contributed by atoms with Gasteiger partial charge in [-0.2, -0.15) is 4.98 Å². The quantitative estimate of drug-likeness (QED) is 0.599. The molecule has 2 aliphatic rings. The van der Waals surface area contributed by atoms with Gasteiger partial charge in [-0.1, -0.05) is 32.8 Å². The maximum atomic E-state index is 12.8. The molecule has 0 spiro atoms. The van der Waals surface area contributed by atoms with Crippen LogP contribution in [-0.2, 0) is 4.79 Å². The smallest absolute Gasteiger partial charge is 0.270 e. The molecule has 2 fully saturated rings. The molecule has 0 atom stereocenters. The van der Waals surface area contributed by atoms with Crippen molar-refractivity contribution in [3.63, 3.8) is 0 Å². The number of nitrogens with one attached hydrogen (secondary N) is 1. The highest BCUT2D eigenvalue weighted by Crippen LogP contribution is 2.35. The molecule has 0 saturated heterocycles. The summed E-state index contributed by atoms with van der Waals surface area (Å²) in [5.74, 6) is 1.69.